The molecule has 8 nitrogen and oxygen atoms in total. The molecule has 170 valence electrons. The fourth-order valence-corrected chi connectivity index (χ4v) is 3.88. The van der Waals surface area contributed by atoms with Crippen LogP contribution in [0.3, 0.4) is 0 Å². The lowest BCUT2D eigenvalue weighted by Crippen LogP contribution is -2.56. The van der Waals surface area contributed by atoms with Crippen LogP contribution in [0.5, 0.6) is 5.75 Å². The molecule has 0 unspecified atom stereocenters. The number of carbonyl (C=O) groups excluding carboxylic acids is 1. The predicted octanol–water partition coefficient (Wildman–Crippen LogP) is 2.19. The van der Waals surface area contributed by atoms with E-state index in [4.69, 9.17) is 4.74 Å². The Kier molecular flexibility index (Phi) is 5.39. The molecule has 1 saturated heterocycles. The summed E-state index contributed by atoms with van der Waals surface area (Å²) in [5.41, 5.74) is 2.73. The van der Waals surface area contributed by atoms with Gasteiger partial charge >= 0.3 is 0 Å². The van der Waals surface area contributed by atoms with Crippen LogP contribution >= 0.6 is 0 Å². The van der Waals surface area contributed by atoms with Crippen LogP contribution in [-0.4, -0.2) is 56.4 Å². The lowest BCUT2D eigenvalue weighted by molar-refractivity contribution is -0.638. The molecular formula is C24H25FN5O3+. The second-order valence-electron chi connectivity index (χ2n) is 8.65. The van der Waals surface area contributed by atoms with Gasteiger partial charge in [-0.15, -0.1) is 0 Å². The van der Waals surface area contributed by atoms with Gasteiger partial charge in [-0.2, -0.15) is 0 Å². The molecule has 1 aliphatic heterocycles. The predicted molar refractivity (Wildman–Crippen MR) is 121 cm³/mol. The van der Waals surface area contributed by atoms with E-state index in [9.17, 15) is 14.0 Å². The van der Waals surface area contributed by atoms with Crippen LogP contribution in [0, 0.1) is 5.82 Å². The Hall–Kier alpha value is -3.62. The van der Waals surface area contributed by atoms with E-state index >= 15 is 0 Å². The van der Waals surface area contributed by atoms with E-state index in [2.05, 4.69) is 24.8 Å². The van der Waals surface area contributed by atoms with Crippen molar-refractivity contribution in [2.75, 3.05) is 6.54 Å². The van der Waals surface area contributed by atoms with Crippen LogP contribution in [0.1, 0.15) is 48.3 Å². The summed E-state index contributed by atoms with van der Waals surface area (Å²) in [5, 5.41) is 2.73. The minimum absolute atomic E-state index is 0.0446. The normalized spacial score (nSPS) is 21.1. The van der Waals surface area contributed by atoms with Crippen molar-refractivity contribution in [3.05, 3.63) is 63.6 Å². The molecule has 3 aromatic rings. The van der Waals surface area contributed by atoms with Crippen LogP contribution in [0.25, 0.3) is 11.0 Å². The van der Waals surface area contributed by atoms with Crippen LogP contribution in [0.15, 0.2) is 35.4 Å². The highest BCUT2D eigenvalue weighted by molar-refractivity contribution is 5.93. The third kappa shape index (κ3) is 4.35. The Morgan fingerprint density at radius 3 is 2.82 bits per heavy atom. The van der Waals surface area contributed by atoms with Crippen molar-refractivity contribution < 1.29 is 18.5 Å². The Balaban J connectivity index is 1.25. The molecule has 3 aromatic heterocycles. The second kappa shape index (κ2) is 8.38. The number of amides is 1. The molecule has 1 saturated carbocycles. The molecule has 0 bridgehead atoms. The van der Waals surface area contributed by atoms with Crippen molar-refractivity contribution in [1.82, 2.24) is 20.3 Å². The average molecular weight is 450 g/mol. The Labute approximate surface area is 189 Å². The molecule has 2 atom stereocenters. The molecule has 0 radical (unpaired) electrons. The molecule has 1 aliphatic carbocycles. The monoisotopic (exact) mass is 450 g/mol. The molecule has 0 spiro atoms. The van der Waals surface area contributed by atoms with Crippen molar-refractivity contribution in [3.63, 3.8) is 0 Å². The first-order valence-electron chi connectivity index (χ1n) is 11.2. The average Bonchev–Trinajstić information content (AvgIpc) is 3.61. The zero-order chi connectivity index (χ0) is 23.1. The lowest BCUT2D eigenvalue weighted by atomic mass is 10.0. The number of rotatable bonds is 6. The van der Waals surface area contributed by atoms with Gasteiger partial charge in [0.25, 0.3) is 11.5 Å². The Morgan fingerprint density at radius 1 is 1.30 bits per heavy atom. The minimum atomic E-state index is -0.691. The molecule has 2 fully saturated rings. The number of nitrogens with one attached hydrogen (secondary N) is 2. The molecule has 2 N–H and O–H groups in total. The van der Waals surface area contributed by atoms with Gasteiger partial charge in [-0.05, 0) is 31.4 Å². The van der Waals surface area contributed by atoms with Gasteiger partial charge < -0.3 is 15.0 Å². The number of carbonyl (C=O) groups is 1. The number of aromatic amines is 1. The van der Waals surface area contributed by atoms with Crippen molar-refractivity contribution >= 4 is 23.2 Å². The van der Waals surface area contributed by atoms with Gasteiger partial charge in [0.2, 0.25) is 6.10 Å². The van der Waals surface area contributed by atoms with Gasteiger partial charge in [-0.3, -0.25) is 14.6 Å². The maximum Gasteiger partial charge on any atom is 0.273 e. The van der Waals surface area contributed by atoms with Crippen LogP contribution < -0.4 is 15.6 Å². The van der Waals surface area contributed by atoms with Crippen LogP contribution in [-0.2, 0) is 6.42 Å². The topological polar surface area (TPSA) is 100.0 Å². The fourth-order valence-electron chi connectivity index (χ4n) is 3.88. The molecule has 1 amide bonds. The van der Waals surface area contributed by atoms with Gasteiger partial charge in [-0.1, -0.05) is 6.92 Å². The smallest absolute Gasteiger partial charge is 0.273 e. The van der Waals surface area contributed by atoms with E-state index in [1.807, 2.05) is 32.2 Å². The Morgan fingerprint density at radius 2 is 2.12 bits per heavy atom. The van der Waals surface area contributed by atoms with E-state index in [-0.39, 0.29) is 29.4 Å². The summed E-state index contributed by atoms with van der Waals surface area (Å²) in [7, 11) is 0. The van der Waals surface area contributed by atoms with Crippen LogP contribution in [0.2, 0.25) is 0 Å². The number of H-pyrrole nitrogens is 1. The lowest BCUT2D eigenvalue weighted by Gasteiger charge is -2.31. The molecule has 9 heteroatoms. The standard InChI is InChI=1S/C24H24FN5O3/c1-3-15-7-19-20(29-23(15)31)6-14(9-26-19)11-30-12-21(13(30)2)33-17-8-18(25)22(27-10-17)24(32)28-16-4-5-16/h6-11,13,16,21H,3-5,12H2,1-2H3,(H-,28,29,31,32)/p+1/t13-,21+/m1/s1. The van der Waals surface area contributed by atoms with Crippen molar-refractivity contribution in [1.29, 1.82) is 0 Å². The zero-order valence-corrected chi connectivity index (χ0v) is 18.5. The number of ether oxygens (including phenoxy) is 1. The third-order valence-corrected chi connectivity index (χ3v) is 6.17. The highest BCUT2D eigenvalue weighted by Gasteiger charge is 2.42. The number of fused-ring (bicyclic) bond motifs is 1. The number of pyridine rings is 3. The minimum Gasteiger partial charge on any atom is -0.475 e. The molecule has 2 aliphatic rings. The SMILES string of the molecule is CCc1cc2ncc(C=[N+]3C[C@H](Oc4cnc(C(=O)NC5CC5)c(F)c4)[C@H]3C)cc2[nH]c1=O. The Bertz CT molecular complexity index is 1330. The largest absolute Gasteiger partial charge is 0.475 e. The second-order valence-corrected chi connectivity index (χ2v) is 8.65. The van der Waals surface area contributed by atoms with Crippen LogP contribution in [0.4, 0.5) is 4.39 Å². The summed E-state index contributed by atoms with van der Waals surface area (Å²) in [4.78, 5) is 35.4. The van der Waals surface area contributed by atoms with Crippen molar-refractivity contribution in [3.8, 4) is 5.75 Å². The number of nitrogens with zero attached hydrogens (tertiary/aromatic N) is 3. The van der Waals surface area contributed by atoms with Gasteiger partial charge in [0.1, 0.15) is 5.75 Å². The molecule has 5 rings (SSSR count). The number of aryl methyl sites for hydroxylation is 1. The number of halogens is 1. The quantitative estimate of drug-likeness (QED) is 0.561. The van der Waals surface area contributed by atoms with Gasteiger partial charge in [0.15, 0.2) is 30.3 Å². The highest BCUT2D eigenvalue weighted by atomic mass is 19.1. The van der Waals surface area contributed by atoms with E-state index in [1.165, 1.54) is 12.3 Å². The summed E-state index contributed by atoms with van der Waals surface area (Å²) in [5.74, 6) is -0.886. The maximum absolute atomic E-state index is 14.4. The van der Waals surface area contributed by atoms with Gasteiger partial charge in [0.05, 0.1) is 22.8 Å². The first-order valence-corrected chi connectivity index (χ1v) is 11.2. The summed E-state index contributed by atoms with van der Waals surface area (Å²) < 4.78 is 22.3. The summed E-state index contributed by atoms with van der Waals surface area (Å²) >= 11 is 0. The highest BCUT2D eigenvalue weighted by Crippen LogP contribution is 2.23. The molecule has 4 heterocycles. The zero-order valence-electron chi connectivity index (χ0n) is 18.5. The van der Waals surface area contributed by atoms with E-state index in [0.29, 0.717) is 29.8 Å². The maximum atomic E-state index is 14.4. The van der Waals surface area contributed by atoms with Crippen molar-refractivity contribution in [2.24, 2.45) is 0 Å². The summed E-state index contributed by atoms with van der Waals surface area (Å²) in [6, 6.07) is 5.11. The number of aromatic nitrogens is 3. The van der Waals surface area contributed by atoms with E-state index in [1.54, 1.807) is 6.20 Å². The first-order chi connectivity index (χ1) is 15.9. The van der Waals surface area contributed by atoms with Crippen molar-refractivity contribution in [2.45, 2.75) is 51.3 Å². The van der Waals surface area contributed by atoms with Gasteiger partial charge in [-0.25, -0.2) is 13.9 Å². The third-order valence-electron chi connectivity index (χ3n) is 6.17. The van der Waals surface area contributed by atoms with Gasteiger partial charge in [0, 0.05) is 30.8 Å². The number of hydrogen-bond donors (Lipinski definition) is 2. The summed E-state index contributed by atoms with van der Waals surface area (Å²) in [6.45, 7) is 4.55. The molecular weight excluding hydrogens is 425 g/mol. The molecule has 0 aromatic carbocycles. The summed E-state index contributed by atoms with van der Waals surface area (Å²) in [6.07, 6.45) is 7.48. The first kappa shape index (κ1) is 21.2. The number of hydrogen-bond acceptors (Lipinski definition) is 5. The fraction of sp³-hybridized carbons (Fsp3) is 0.375. The molecule has 33 heavy (non-hydrogen) atoms. The van der Waals surface area contributed by atoms with E-state index < -0.39 is 11.7 Å². The van der Waals surface area contributed by atoms with E-state index in [0.717, 1.165) is 23.9 Å².